The van der Waals surface area contributed by atoms with Gasteiger partial charge in [-0.1, -0.05) is 49.1 Å². The Bertz CT molecular complexity index is 1480. The van der Waals surface area contributed by atoms with E-state index in [9.17, 15) is 14.9 Å². The normalized spacial score (nSPS) is 11.4. The highest BCUT2D eigenvalue weighted by Crippen LogP contribution is 2.21. The largest absolute Gasteiger partial charge is 0.487 e. The SMILES string of the molecule is CCSc1nsc(NC(=O)C(C#N)=Cc2ccc(OCc3cc(=O)n4nc(CC)sc4n3)cc2)n1. The Morgan fingerprint density at radius 2 is 2.09 bits per heavy atom. The molecule has 3 heterocycles. The number of anilines is 1. The van der Waals surface area contributed by atoms with Crippen molar-refractivity contribution < 1.29 is 9.53 Å². The number of hydrogen-bond donors (Lipinski definition) is 1. The molecule has 4 aromatic rings. The lowest BCUT2D eigenvalue weighted by molar-refractivity contribution is -0.112. The lowest BCUT2D eigenvalue weighted by atomic mass is 10.1. The number of benzene rings is 1. The zero-order valence-electron chi connectivity index (χ0n) is 18.7. The predicted molar refractivity (Wildman–Crippen MR) is 136 cm³/mol. The first-order valence-electron chi connectivity index (χ1n) is 10.5. The first kappa shape index (κ1) is 24.5. The van der Waals surface area contributed by atoms with Crippen LogP contribution in [-0.4, -0.2) is 35.6 Å². The minimum atomic E-state index is -0.556. The molecular formula is C22H19N7O3S3. The smallest absolute Gasteiger partial charge is 0.275 e. The van der Waals surface area contributed by atoms with Crippen LogP contribution in [0, 0.1) is 11.3 Å². The number of fused-ring (bicyclic) bond motifs is 1. The van der Waals surface area contributed by atoms with Crippen LogP contribution in [0.4, 0.5) is 5.13 Å². The third kappa shape index (κ3) is 6.10. The van der Waals surface area contributed by atoms with Crippen molar-refractivity contribution >= 4 is 56.7 Å². The van der Waals surface area contributed by atoms with Crippen molar-refractivity contribution in [2.45, 2.75) is 32.0 Å². The van der Waals surface area contributed by atoms with Crippen LogP contribution in [0.1, 0.15) is 30.1 Å². The number of carbonyl (C=O) groups excluding carboxylic acids is 1. The number of nitrogens with zero attached hydrogens (tertiary/aromatic N) is 6. The molecule has 0 aliphatic heterocycles. The van der Waals surface area contributed by atoms with E-state index < -0.39 is 5.91 Å². The Morgan fingerprint density at radius 1 is 1.29 bits per heavy atom. The van der Waals surface area contributed by atoms with Gasteiger partial charge in [-0.2, -0.15) is 24.2 Å². The molecule has 0 aliphatic rings. The topological polar surface area (TPSA) is 135 Å². The summed E-state index contributed by atoms with van der Waals surface area (Å²) in [6.07, 6.45) is 2.21. The van der Waals surface area contributed by atoms with Gasteiger partial charge in [-0.15, -0.1) is 0 Å². The molecule has 1 amide bonds. The van der Waals surface area contributed by atoms with Crippen LogP contribution in [0.15, 0.2) is 45.9 Å². The molecule has 13 heteroatoms. The van der Waals surface area contributed by atoms with Crippen LogP contribution in [0.25, 0.3) is 11.0 Å². The fourth-order valence-corrected chi connectivity index (χ4v) is 4.98. The maximum Gasteiger partial charge on any atom is 0.275 e. The molecule has 1 aromatic carbocycles. The molecule has 4 rings (SSSR count). The molecule has 0 radical (unpaired) electrons. The van der Waals surface area contributed by atoms with Crippen molar-refractivity contribution in [3.8, 4) is 11.8 Å². The van der Waals surface area contributed by atoms with E-state index >= 15 is 0 Å². The highest BCUT2D eigenvalue weighted by atomic mass is 32.2. The summed E-state index contributed by atoms with van der Waals surface area (Å²) >= 11 is 3.91. The zero-order chi connectivity index (χ0) is 24.8. The average molecular weight is 526 g/mol. The summed E-state index contributed by atoms with van der Waals surface area (Å²) in [6, 6.07) is 10.2. The van der Waals surface area contributed by atoms with Crippen LogP contribution in [0.3, 0.4) is 0 Å². The van der Waals surface area contributed by atoms with Crippen molar-refractivity contribution in [3.05, 3.63) is 62.5 Å². The number of amides is 1. The van der Waals surface area contributed by atoms with Crippen LogP contribution in [0.2, 0.25) is 0 Å². The van der Waals surface area contributed by atoms with Gasteiger partial charge < -0.3 is 4.74 Å². The van der Waals surface area contributed by atoms with Gasteiger partial charge in [0.1, 0.15) is 29.0 Å². The van der Waals surface area contributed by atoms with E-state index in [2.05, 4.69) is 24.8 Å². The first-order chi connectivity index (χ1) is 17.0. The Hall–Kier alpha value is -3.60. The lowest BCUT2D eigenvalue weighted by Gasteiger charge is -2.06. The summed E-state index contributed by atoms with van der Waals surface area (Å²) in [7, 11) is 0. The Labute approximate surface area is 212 Å². The monoisotopic (exact) mass is 525 g/mol. The van der Waals surface area contributed by atoms with E-state index in [1.807, 2.05) is 19.9 Å². The molecule has 3 aromatic heterocycles. The number of aromatic nitrogens is 5. The summed E-state index contributed by atoms with van der Waals surface area (Å²) in [5.74, 6) is 0.823. The van der Waals surface area contributed by atoms with Gasteiger partial charge in [-0.25, -0.2) is 4.98 Å². The Kier molecular flexibility index (Phi) is 7.86. The van der Waals surface area contributed by atoms with Gasteiger partial charge in [0.25, 0.3) is 11.5 Å². The summed E-state index contributed by atoms with van der Waals surface area (Å²) in [5.41, 5.74) is 0.845. The highest BCUT2D eigenvalue weighted by Gasteiger charge is 2.13. The van der Waals surface area contributed by atoms with Gasteiger partial charge in [0.05, 0.1) is 5.69 Å². The summed E-state index contributed by atoms with van der Waals surface area (Å²) < 4.78 is 11.2. The predicted octanol–water partition coefficient (Wildman–Crippen LogP) is 3.80. The molecule has 10 nitrogen and oxygen atoms in total. The molecule has 178 valence electrons. The molecule has 0 fully saturated rings. The summed E-state index contributed by atoms with van der Waals surface area (Å²) in [6.45, 7) is 4.07. The van der Waals surface area contributed by atoms with Crippen LogP contribution >= 0.6 is 34.6 Å². The molecule has 1 N–H and O–H groups in total. The molecule has 0 atom stereocenters. The Morgan fingerprint density at radius 3 is 2.80 bits per heavy atom. The maximum atomic E-state index is 12.5. The van der Waals surface area contributed by atoms with E-state index in [0.29, 0.717) is 32.3 Å². The van der Waals surface area contributed by atoms with E-state index in [1.54, 1.807) is 24.3 Å². The van der Waals surface area contributed by atoms with E-state index in [4.69, 9.17) is 4.74 Å². The van der Waals surface area contributed by atoms with E-state index in [-0.39, 0.29) is 17.7 Å². The van der Waals surface area contributed by atoms with Crippen molar-refractivity contribution in [2.75, 3.05) is 11.1 Å². The maximum absolute atomic E-state index is 12.5. The lowest BCUT2D eigenvalue weighted by Crippen LogP contribution is -2.16. The molecular weight excluding hydrogens is 506 g/mol. The number of nitrogens with one attached hydrogen (secondary N) is 1. The van der Waals surface area contributed by atoms with Gasteiger partial charge in [-0.05, 0) is 35.9 Å². The molecule has 0 unspecified atom stereocenters. The van der Waals surface area contributed by atoms with Gasteiger partial charge in [0, 0.05) is 17.6 Å². The van der Waals surface area contributed by atoms with Crippen LogP contribution in [0.5, 0.6) is 5.75 Å². The average Bonchev–Trinajstić information content (AvgIpc) is 3.49. The minimum absolute atomic E-state index is 0.0625. The second kappa shape index (κ2) is 11.2. The number of carbonyl (C=O) groups is 1. The second-order valence-electron chi connectivity index (χ2n) is 6.93. The zero-order valence-corrected chi connectivity index (χ0v) is 21.2. The molecule has 0 saturated heterocycles. The van der Waals surface area contributed by atoms with Crippen molar-refractivity contribution in [2.24, 2.45) is 0 Å². The van der Waals surface area contributed by atoms with Crippen molar-refractivity contribution in [1.29, 1.82) is 5.26 Å². The molecule has 0 aliphatic carbocycles. The molecule has 35 heavy (non-hydrogen) atoms. The highest BCUT2D eigenvalue weighted by molar-refractivity contribution is 7.99. The molecule has 0 bridgehead atoms. The van der Waals surface area contributed by atoms with Gasteiger partial charge in [-0.3, -0.25) is 14.9 Å². The third-order valence-electron chi connectivity index (χ3n) is 4.49. The minimum Gasteiger partial charge on any atom is -0.487 e. The quantitative estimate of drug-likeness (QED) is 0.197. The number of aryl methyl sites for hydroxylation is 1. The second-order valence-corrected chi connectivity index (χ2v) is 9.95. The number of thioether (sulfide) groups is 1. The standard InChI is InChI=1S/C22H19N7O3S3/c1-3-17-27-29-18(30)10-15(24-22(29)34-17)12-32-16-7-5-13(6-8-16)9-14(11-23)19(31)25-20-26-21(28-35-20)33-4-2/h5-10H,3-4,12H2,1-2H3,(H,25,26,28,31). The van der Waals surface area contributed by atoms with Crippen molar-refractivity contribution in [3.63, 3.8) is 0 Å². The number of hydrogen-bond acceptors (Lipinski definition) is 11. The van der Waals surface area contributed by atoms with E-state index in [0.717, 1.165) is 28.7 Å². The van der Waals surface area contributed by atoms with Gasteiger partial charge >= 0.3 is 0 Å². The summed E-state index contributed by atoms with van der Waals surface area (Å²) in [4.78, 5) is 33.9. The Balaban J connectivity index is 1.40. The van der Waals surface area contributed by atoms with Crippen LogP contribution < -0.4 is 15.6 Å². The fourth-order valence-electron chi connectivity index (χ4n) is 2.86. The number of rotatable bonds is 9. The number of nitriles is 1. The number of ether oxygens (including phenoxy) is 1. The van der Waals surface area contributed by atoms with Crippen LogP contribution in [-0.2, 0) is 17.8 Å². The fraction of sp³-hybridized carbons (Fsp3) is 0.227. The first-order valence-corrected chi connectivity index (χ1v) is 13.1. The van der Waals surface area contributed by atoms with E-state index in [1.165, 1.54) is 39.8 Å². The molecule has 0 saturated carbocycles. The summed E-state index contributed by atoms with van der Waals surface area (Å²) in [5, 5.41) is 18.0. The third-order valence-corrected chi connectivity index (χ3v) is 7.01. The molecule has 0 spiro atoms. The van der Waals surface area contributed by atoms with Gasteiger partial charge in [0.15, 0.2) is 0 Å². The van der Waals surface area contributed by atoms with Gasteiger partial charge in [0.2, 0.25) is 15.2 Å². The van der Waals surface area contributed by atoms with Crippen molar-refractivity contribution in [1.82, 2.24) is 24.0 Å².